The van der Waals surface area contributed by atoms with Crippen LogP contribution >= 0.6 is 0 Å². The molecular weight excluding hydrogens is 178 g/mol. The van der Waals surface area contributed by atoms with Crippen LogP contribution in [0.1, 0.15) is 33.6 Å². The Hall–Kier alpha value is -0.610. The highest BCUT2D eigenvalue weighted by Crippen LogP contribution is 2.07. The lowest BCUT2D eigenvalue weighted by Gasteiger charge is -2.22. The molecule has 14 heavy (non-hydrogen) atoms. The summed E-state index contributed by atoms with van der Waals surface area (Å²) in [5, 5.41) is 5.95. The highest BCUT2D eigenvalue weighted by molar-refractivity contribution is 5.85. The van der Waals surface area contributed by atoms with E-state index in [1.165, 1.54) is 0 Å². The molecule has 0 bridgehead atoms. The van der Waals surface area contributed by atoms with Crippen LogP contribution in [0.5, 0.6) is 0 Å². The van der Waals surface area contributed by atoms with Crippen LogP contribution in [0.2, 0.25) is 0 Å². The Morgan fingerprint density at radius 3 is 2.50 bits per heavy atom. The number of carbonyl (C=O) groups excluding carboxylic acids is 1. The second-order valence-electron chi connectivity index (χ2n) is 3.78. The van der Waals surface area contributed by atoms with E-state index in [0.29, 0.717) is 6.54 Å². The van der Waals surface area contributed by atoms with Crippen molar-refractivity contribution in [2.45, 2.75) is 39.2 Å². The first-order valence-corrected chi connectivity index (χ1v) is 5.32. The van der Waals surface area contributed by atoms with E-state index < -0.39 is 5.54 Å². The van der Waals surface area contributed by atoms with Crippen LogP contribution < -0.4 is 16.4 Å². The highest BCUT2D eigenvalue weighted by Gasteiger charge is 2.26. The Kier molecular flexibility index (Phi) is 6.49. The molecule has 0 aromatic heterocycles. The average Bonchev–Trinajstić information content (AvgIpc) is 2.12. The number of nitrogens with two attached hydrogens (primary N) is 1. The minimum Gasteiger partial charge on any atom is -0.353 e. The smallest absolute Gasteiger partial charge is 0.239 e. The van der Waals surface area contributed by atoms with E-state index in [-0.39, 0.29) is 5.91 Å². The van der Waals surface area contributed by atoms with Gasteiger partial charge in [0.2, 0.25) is 5.91 Å². The second kappa shape index (κ2) is 6.79. The van der Waals surface area contributed by atoms with E-state index in [4.69, 9.17) is 5.73 Å². The van der Waals surface area contributed by atoms with Crippen LogP contribution in [0.15, 0.2) is 0 Å². The lowest BCUT2D eigenvalue weighted by atomic mass is 9.97. The molecule has 0 radical (unpaired) electrons. The lowest BCUT2D eigenvalue weighted by molar-refractivity contribution is -0.126. The van der Waals surface area contributed by atoms with Crippen molar-refractivity contribution in [3.05, 3.63) is 0 Å². The van der Waals surface area contributed by atoms with Gasteiger partial charge in [-0.3, -0.25) is 4.79 Å². The Morgan fingerprint density at radius 1 is 1.36 bits per heavy atom. The molecule has 0 saturated carbocycles. The van der Waals surface area contributed by atoms with Crippen molar-refractivity contribution >= 4 is 5.91 Å². The van der Waals surface area contributed by atoms with E-state index in [1.54, 1.807) is 6.92 Å². The lowest BCUT2D eigenvalue weighted by Crippen LogP contribution is -2.52. The van der Waals surface area contributed by atoms with Gasteiger partial charge in [0.15, 0.2) is 0 Å². The average molecular weight is 201 g/mol. The van der Waals surface area contributed by atoms with E-state index >= 15 is 0 Å². The molecular formula is C10H23N3O. The SMILES string of the molecule is CCCC(C)(N)C(=O)NCCNCC. The maximum Gasteiger partial charge on any atom is 0.239 e. The van der Waals surface area contributed by atoms with Crippen molar-refractivity contribution in [2.75, 3.05) is 19.6 Å². The van der Waals surface area contributed by atoms with Crippen molar-refractivity contribution in [3.63, 3.8) is 0 Å². The molecule has 0 spiro atoms. The summed E-state index contributed by atoms with van der Waals surface area (Å²) in [5.74, 6) is -0.0581. The predicted molar refractivity (Wildman–Crippen MR) is 59.1 cm³/mol. The number of nitrogens with one attached hydrogen (secondary N) is 2. The fourth-order valence-electron chi connectivity index (χ4n) is 1.28. The van der Waals surface area contributed by atoms with Gasteiger partial charge in [-0.25, -0.2) is 0 Å². The molecule has 1 amide bonds. The fraction of sp³-hybridized carbons (Fsp3) is 0.900. The molecule has 0 fully saturated rings. The topological polar surface area (TPSA) is 67.2 Å². The normalized spacial score (nSPS) is 14.9. The van der Waals surface area contributed by atoms with Gasteiger partial charge in [-0.15, -0.1) is 0 Å². The molecule has 84 valence electrons. The quantitative estimate of drug-likeness (QED) is 0.517. The third-order valence-corrected chi connectivity index (χ3v) is 2.13. The van der Waals surface area contributed by atoms with Crippen LogP contribution in [0, 0.1) is 0 Å². The number of hydrogen-bond donors (Lipinski definition) is 3. The molecule has 4 nitrogen and oxygen atoms in total. The molecule has 0 saturated heterocycles. The Bertz CT molecular complexity index is 169. The summed E-state index contributed by atoms with van der Waals surface area (Å²) in [6, 6.07) is 0. The summed E-state index contributed by atoms with van der Waals surface area (Å²) in [4.78, 5) is 11.6. The van der Waals surface area contributed by atoms with Crippen molar-refractivity contribution in [3.8, 4) is 0 Å². The molecule has 4 heteroatoms. The molecule has 0 aliphatic carbocycles. The largest absolute Gasteiger partial charge is 0.353 e. The van der Waals surface area contributed by atoms with Crippen molar-refractivity contribution in [2.24, 2.45) is 5.73 Å². The molecule has 0 aliphatic rings. The molecule has 0 aromatic rings. The monoisotopic (exact) mass is 201 g/mol. The Labute approximate surface area is 86.6 Å². The third-order valence-electron chi connectivity index (χ3n) is 2.13. The molecule has 1 unspecified atom stereocenters. The first-order chi connectivity index (χ1) is 6.54. The van der Waals surface area contributed by atoms with Gasteiger partial charge in [0, 0.05) is 13.1 Å². The van der Waals surface area contributed by atoms with E-state index in [1.807, 2.05) is 13.8 Å². The predicted octanol–water partition coefficient (Wildman–Crippen LogP) is 0.230. The minimum atomic E-state index is -0.721. The van der Waals surface area contributed by atoms with Gasteiger partial charge >= 0.3 is 0 Å². The third kappa shape index (κ3) is 5.19. The minimum absolute atomic E-state index is 0.0581. The highest BCUT2D eigenvalue weighted by atomic mass is 16.2. The van der Waals surface area contributed by atoms with Crippen LogP contribution in [-0.2, 0) is 4.79 Å². The summed E-state index contributed by atoms with van der Waals surface area (Å²) in [6.45, 7) is 8.19. The van der Waals surface area contributed by atoms with Crippen LogP contribution in [-0.4, -0.2) is 31.1 Å². The van der Waals surface area contributed by atoms with Crippen LogP contribution in [0.3, 0.4) is 0 Å². The first-order valence-electron chi connectivity index (χ1n) is 5.32. The van der Waals surface area contributed by atoms with Crippen LogP contribution in [0.4, 0.5) is 0 Å². The molecule has 0 heterocycles. The van der Waals surface area contributed by atoms with Crippen molar-refractivity contribution in [1.29, 1.82) is 0 Å². The molecule has 0 rings (SSSR count). The van der Waals surface area contributed by atoms with E-state index in [0.717, 1.165) is 25.9 Å². The van der Waals surface area contributed by atoms with Crippen molar-refractivity contribution in [1.82, 2.24) is 10.6 Å². The van der Waals surface area contributed by atoms with Gasteiger partial charge in [0.1, 0.15) is 0 Å². The number of likely N-dealkylation sites (N-methyl/N-ethyl adjacent to an activating group) is 1. The molecule has 0 aromatic carbocycles. The summed E-state index contributed by atoms with van der Waals surface area (Å²) in [5.41, 5.74) is 5.13. The number of carbonyl (C=O) groups is 1. The Morgan fingerprint density at radius 2 is 2.00 bits per heavy atom. The van der Waals surface area contributed by atoms with Gasteiger partial charge in [0.05, 0.1) is 5.54 Å². The summed E-state index contributed by atoms with van der Waals surface area (Å²) in [7, 11) is 0. The number of amides is 1. The zero-order valence-electron chi connectivity index (χ0n) is 9.52. The van der Waals surface area contributed by atoms with Gasteiger partial charge in [-0.05, 0) is 19.9 Å². The number of hydrogen-bond acceptors (Lipinski definition) is 3. The summed E-state index contributed by atoms with van der Waals surface area (Å²) in [6.07, 6.45) is 1.65. The van der Waals surface area contributed by atoms with Crippen molar-refractivity contribution < 1.29 is 4.79 Å². The fourth-order valence-corrected chi connectivity index (χ4v) is 1.28. The maximum absolute atomic E-state index is 11.6. The van der Waals surface area contributed by atoms with Gasteiger partial charge in [-0.1, -0.05) is 20.3 Å². The molecule has 1 atom stereocenters. The zero-order chi connectivity index (χ0) is 11.0. The molecule has 4 N–H and O–H groups in total. The van der Waals surface area contributed by atoms with Gasteiger partial charge in [0.25, 0.3) is 0 Å². The summed E-state index contributed by atoms with van der Waals surface area (Å²) >= 11 is 0. The van der Waals surface area contributed by atoms with Gasteiger partial charge in [-0.2, -0.15) is 0 Å². The first kappa shape index (κ1) is 13.4. The number of rotatable bonds is 7. The van der Waals surface area contributed by atoms with Gasteiger partial charge < -0.3 is 16.4 Å². The zero-order valence-corrected chi connectivity index (χ0v) is 9.52. The van der Waals surface area contributed by atoms with Crippen LogP contribution in [0.25, 0.3) is 0 Å². The van der Waals surface area contributed by atoms with E-state index in [2.05, 4.69) is 10.6 Å². The maximum atomic E-state index is 11.6. The molecule has 0 aliphatic heterocycles. The second-order valence-corrected chi connectivity index (χ2v) is 3.78. The van der Waals surface area contributed by atoms with E-state index in [9.17, 15) is 4.79 Å². The Balaban J connectivity index is 3.71. The standard InChI is InChI=1S/C10H23N3O/c1-4-6-10(3,11)9(14)13-8-7-12-5-2/h12H,4-8,11H2,1-3H3,(H,13,14). The summed E-state index contributed by atoms with van der Waals surface area (Å²) < 4.78 is 0.